The molecule has 0 radical (unpaired) electrons. The molecule has 2 aromatic rings. The van der Waals surface area contributed by atoms with Crippen molar-refractivity contribution in [2.45, 2.75) is 20.4 Å². The second kappa shape index (κ2) is 5.64. The number of benzene rings is 2. The second-order valence-corrected chi connectivity index (χ2v) is 5.32. The molecule has 0 fully saturated rings. The molecule has 0 amide bonds. The number of rotatable bonds is 3. The number of anilines is 1. The van der Waals surface area contributed by atoms with Gasteiger partial charge in [-0.2, -0.15) is 0 Å². The first-order valence-corrected chi connectivity index (χ1v) is 6.56. The molecule has 0 spiro atoms. The van der Waals surface area contributed by atoms with Crippen molar-refractivity contribution in [3.05, 3.63) is 63.1 Å². The lowest BCUT2D eigenvalue weighted by atomic mass is 10.1. The van der Waals surface area contributed by atoms with Gasteiger partial charge >= 0.3 is 0 Å². The highest BCUT2D eigenvalue weighted by Crippen LogP contribution is 2.25. The minimum absolute atomic E-state index is 0.645. The predicted octanol–water partition coefficient (Wildman–Crippen LogP) is 5.22. The molecule has 0 aliphatic rings. The summed E-state index contributed by atoms with van der Waals surface area (Å²) in [5.41, 5.74) is 4.70. The lowest BCUT2D eigenvalue weighted by Gasteiger charge is -2.10. The first kappa shape index (κ1) is 13.3. The average molecular weight is 280 g/mol. The highest BCUT2D eigenvalue weighted by molar-refractivity contribution is 6.36. The van der Waals surface area contributed by atoms with Gasteiger partial charge in [-0.15, -0.1) is 0 Å². The molecule has 0 aromatic heterocycles. The summed E-state index contributed by atoms with van der Waals surface area (Å²) >= 11 is 12.0. The van der Waals surface area contributed by atoms with Crippen LogP contribution in [-0.2, 0) is 6.54 Å². The summed E-state index contributed by atoms with van der Waals surface area (Å²) in [7, 11) is 0. The zero-order valence-corrected chi connectivity index (χ0v) is 11.9. The summed E-state index contributed by atoms with van der Waals surface area (Å²) in [6, 6.07) is 12.0. The Morgan fingerprint density at radius 1 is 0.944 bits per heavy atom. The highest BCUT2D eigenvalue weighted by atomic mass is 35.5. The van der Waals surface area contributed by atoms with Crippen molar-refractivity contribution < 1.29 is 0 Å². The standard InChI is InChI=1S/C15H15Cl2N/c1-10-5-11(2)7-12(6-10)9-18-15-4-3-13(16)8-14(15)17/h3-8,18H,9H2,1-2H3. The van der Waals surface area contributed by atoms with Gasteiger partial charge in [-0.25, -0.2) is 0 Å². The second-order valence-electron chi connectivity index (χ2n) is 4.47. The van der Waals surface area contributed by atoms with E-state index < -0.39 is 0 Å². The van der Waals surface area contributed by atoms with Crippen LogP contribution in [0.4, 0.5) is 5.69 Å². The molecular weight excluding hydrogens is 265 g/mol. The van der Waals surface area contributed by atoms with Gasteiger partial charge in [0.2, 0.25) is 0 Å². The molecule has 2 rings (SSSR count). The van der Waals surface area contributed by atoms with Crippen LogP contribution in [0.15, 0.2) is 36.4 Å². The van der Waals surface area contributed by atoms with E-state index >= 15 is 0 Å². The van der Waals surface area contributed by atoms with E-state index in [4.69, 9.17) is 23.2 Å². The Bertz CT molecular complexity index is 544. The van der Waals surface area contributed by atoms with E-state index in [-0.39, 0.29) is 0 Å². The number of halogens is 2. The van der Waals surface area contributed by atoms with E-state index in [9.17, 15) is 0 Å². The molecule has 18 heavy (non-hydrogen) atoms. The predicted molar refractivity (Wildman–Crippen MR) is 79.7 cm³/mol. The van der Waals surface area contributed by atoms with Gasteiger partial charge in [0, 0.05) is 11.6 Å². The van der Waals surface area contributed by atoms with E-state index in [0.717, 1.165) is 12.2 Å². The minimum atomic E-state index is 0.645. The molecule has 1 N–H and O–H groups in total. The van der Waals surface area contributed by atoms with Gasteiger partial charge in [-0.1, -0.05) is 52.5 Å². The summed E-state index contributed by atoms with van der Waals surface area (Å²) in [5.74, 6) is 0. The third kappa shape index (κ3) is 3.41. The van der Waals surface area contributed by atoms with Crippen LogP contribution in [0.3, 0.4) is 0 Å². The van der Waals surface area contributed by atoms with Crippen molar-refractivity contribution in [3.63, 3.8) is 0 Å². The fourth-order valence-corrected chi connectivity index (χ4v) is 2.48. The van der Waals surface area contributed by atoms with Gasteiger partial charge in [0.15, 0.2) is 0 Å². The molecule has 0 aliphatic heterocycles. The number of aryl methyl sites for hydroxylation is 2. The average Bonchev–Trinajstić information content (AvgIpc) is 2.26. The molecule has 0 atom stereocenters. The lowest BCUT2D eigenvalue weighted by molar-refractivity contribution is 1.13. The van der Waals surface area contributed by atoms with E-state index in [2.05, 4.69) is 37.4 Å². The molecule has 94 valence electrons. The van der Waals surface area contributed by atoms with Gasteiger partial charge < -0.3 is 5.32 Å². The van der Waals surface area contributed by atoms with Gasteiger partial charge in [-0.3, -0.25) is 0 Å². The van der Waals surface area contributed by atoms with Crippen molar-refractivity contribution in [2.75, 3.05) is 5.32 Å². The first-order chi connectivity index (χ1) is 8.54. The Morgan fingerprint density at radius 2 is 1.61 bits per heavy atom. The Balaban J connectivity index is 2.11. The van der Waals surface area contributed by atoms with Gasteiger partial charge in [0.05, 0.1) is 10.7 Å². The highest BCUT2D eigenvalue weighted by Gasteiger charge is 2.01. The smallest absolute Gasteiger partial charge is 0.0652 e. The summed E-state index contributed by atoms with van der Waals surface area (Å²) in [4.78, 5) is 0. The molecule has 0 unspecified atom stereocenters. The third-order valence-electron chi connectivity index (χ3n) is 2.70. The summed E-state index contributed by atoms with van der Waals surface area (Å²) < 4.78 is 0. The lowest BCUT2D eigenvalue weighted by Crippen LogP contribution is -2.00. The van der Waals surface area contributed by atoms with E-state index in [1.54, 1.807) is 6.07 Å². The zero-order valence-electron chi connectivity index (χ0n) is 10.4. The van der Waals surface area contributed by atoms with Crippen LogP contribution >= 0.6 is 23.2 Å². The molecule has 0 aliphatic carbocycles. The van der Waals surface area contributed by atoms with Gasteiger partial charge in [0.1, 0.15) is 0 Å². The largest absolute Gasteiger partial charge is 0.380 e. The zero-order chi connectivity index (χ0) is 13.1. The van der Waals surface area contributed by atoms with Crippen molar-refractivity contribution in [1.82, 2.24) is 0 Å². The first-order valence-electron chi connectivity index (χ1n) is 5.81. The maximum Gasteiger partial charge on any atom is 0.0652 e. The van der Waals surface area contributed by atoms with Crippen LogP contribution < -0.4 is 5.32 Å². The van der Waals surface area contributed by atoms with Gasteiger partial charge in [-0.05, 0) is 37.6 Å². The molecule has 2 aromatic carbocycles. The van der Waals surface area contributed by atoms with Crippen molar-refractivity contribution in [3.8, 4) is 0 Å². The van der Waals surface area contributed by atoms with E-state index in [1.165, 1.54) is 16.7 Å². The van der Waals surface area contributed by atoms with Gasteiger partial charge in [0.25, 0.3) is 0 Å². The topological polar surface area (TPSA) is 12.0 Å². The van der Waals surface area contributed by atoms with Crippen molar-refractivity contribution in [1.29, 1.82) is 0 Å². The molecule has 0 heterocycles. The van der Waals surface area contributed by atoms with Crippen LogP contribution in [0, 0.1) is 13.8 Å². The molecule has 0 bridgehead atoms. The number of hydrogen-bond acceptors (Lipinski definition) is 1. The quantitative estimate of drug-likeness (QED) is 0.812. The number of hydrogen-bond donors (Lipinski definition) is 1. The normalized spacial score (nSPS) is 10.4. The monoisotopic (exact) mass is 279 g/mol. The summed E-state index contributed by atoms with van der Waals surface area (Å²) in [6.45, 7) is 4.96. The Labute approximate surface area is 118 Å². The van der Waals surface area contributed by atoms with Crippen LogP contribution in [-0.4, -0.2) is 0 Å². The number of nitrogens with one attached hydrogen (secondary N) is 1. The fourth-order valence-electron chi connectivity index (χ4n) is 2.00. The third-order valence-corrected chi connectivity index (χ3v) is 3.24. The maximum absolute atomic E-state index is 6.11. The SMILES string of the molecule is Cc1cc(C)cc(CNc2ccc(Cl)cc2Cl)c1. The summed E-state index contributed by atoms with van der Waals surface area (Å²) in [5, 5.41) is 4.62. The molecule has 0 saturated carbocycles. The van der Waals surface area contributed by atoms with Crippen LogP contribution in [0.1, 0.15) is 16.7 Å². The minimum Gasteiger partial charge on any atom is -0.380 e. The van der Waals surface area contributed by atoms with Crippen LogP contribution in [0.25, 0.3) is 0 Å². The van der Waals surface area contributed by atoms with Crippen molar-refractivity contribution in [2.24, 2.45) is 0 Å². The fraction of sp³-hybridized carbons (Fsp3) is 0.200. The molecule has 0 saturated heterocycles. The van der Waals surface area contributed by atoms with Crippen molar-refractivity contribution >= 4 is 28.9 Å². The van der Waals surface area contributed by atoms with Crippen LogP contribution in [0.2, 0.25) is 10.0 Å². The Hall–Kier alpha value is -1.18. The molecule has 1 nitrogen and oxygen atoms in total. The van der Waals surface area contributed by atoms with E-state index in [1.807, 2.05) is 12.1 Å². The Morgan fingerprint density at radius 3 is 2.22 bits per heavy atom. The summed E-state index contributed by atoms with van der Waals surface area (Å²) in [6.07, 6.45) is 0. The molecular formula is C15H15Cl2N. The van der Waals surface area contributed by atoms with E-state index in [0.29, 0.717) is 10.0 Å². The molecule has 3 heteroatoms. The maximum atomic E-state index is 6.11. The van der Waals surface area contributed by atoms with Crippen LogP contribution in [0.5, 0.6) is 0 Å². The Kier molecular flexibility index (Phi) is 4.15.